The smallest absolute Gasteiger partial charge is 0.257 e. The van der Waals surface area contributed by atoms with Gasteiger partial charge in [-0.25, -0.2) is 4.98 Å². The number of hydrogen-bond acceptors (Lipinski definition) is 4. The first-order valence-corrected chi connectivity index (χ1v) is 12.1. The zero-order valence-electron chi connectivity index (χ0n) is 17.9. The molecule has 2 N–H and O–H groups in total. The Morgan fingerprint density at radius 2 is 1.91 bits per heavy atom. The van der Waals surface area contributed by atoms with E-state index in [9.17, 15) is 9.59 Å². The number of halogens is 1. The van der Waals surface area contributed by atoms with E-state index < -0.39 is 0 Å². The second-order valence-electron chi connectivity index (χ2n) is 8.17. The summed E-state index contributed by atoms with van der Waals surface area (Å²) in [6.07, 6.45) is 4.41. The molecule has 2 unspecified atom stereocenters. The fraction of sp³-hybridized carbons (Fsp3) is 0.320. The first-order valence-electron chi connectivity index (χ1n) is 10.9. The minimum Gasteiger partial charge on any atom is -0.353 e. The van der Waals surface area contributed by atoms with E-state index in [-0.39, 0.29) is 23.8 Å². The maximum Gasteiger partial charge on any atom is 0.257 e. The Morgan fingerprint density at radius 1 is 1.16 bits per heavy atom. The van der Waals surface area contributed by atoms with Crippen LogP contribution in [0.5, 0.6) is 0 Å². The number of thiazole rings is 1. The second kappa shape index (κ2) is 10.3. The van der Waals surface area contributed by atoms with Crippen molar-refractivity contribution in [1.29, 1.82) is 0 Å². The van der Waals surface area contributed by atoms with Crippen molar-refractivity contribution in [3.05, 3.63) is 81.3 Å². The van der Waals surface area contributed by atoms with Gasteiger partial charge in [-0.1, -0.05) is 41.9 Å². The average Bonchev–Trinajstić information content (AvgIpc) is 3.21. The predicted molar refractivity (Wildman–Crippen MR) is 130 cm³/mol. The number of hydrogen-bond donors (Lipinski definition) is 2. The normalized spacial score (nSPS) is 16.1. The Morgan fingerprint density at radius 3 is 2.66 bits per heavy atom. The molecule has 1 heterocycles. The molecule has 0 fully saturated rings. The summed E-state index contributed by atoms with van der Waals surface area (Å²) in [5.74, 6) is -0.481. The summed E-state index contributed by atoms with van der Waals surface area (Å²) in [5, 5.41) is 7.15. The van der Waals surface area contributed by atoms with Crippen molar-refractivity contribution >= 4 is 39.9 Å². The van der Waals surface area contributed by atoms with Crippen molar-refractivity contribution < 1.29 is 9.59 Å². The Labute approximate surface area is 197 Å². The SMILES string of the molecule is CC(CCc1ccccc1)NC(=O)C1CCCc2sc(NC(=O)c3ccc(Cl)cc3)nc21. The van der Waals surface area contributed by atoms with Gasteiger partial charge in [0.2, 0.25) is 5.91 Å². The third-order valence-electron chi connectivity index (χ3n) is 5.70. The molecule has 4 rings (SSSR count). The molecule has 1 aliphatic rings. The van der Waals surface area contributed by atoms with Crippen molar-refractivity contribution in [2.24, 2.45) is 0 Å². The minimum atomic E-state index is -0.268. The van der Waals surface area contributed by atoms with Crippen LogP contribution in [0.15, 0.2) is 54.6 Å². The second-order valence-corrected chi connectivity index (χ2v) is 9.69. The molecular weight excluding hydrogens is 442 g/mol. The monoisotopic (exact) mass is 467 g/mol. The number of carbonyl (C=O) groups excluding carboxylic acids is 2. The van der Waals surface area contributed by atoms with Gasteiger partial charge in [0, 0.05) is 21.5 Å². The lowest BCUT2D eigenvalue weighted by molar-refractivity contribution is -0.123. The van der Waals surface area contributed by atoms with Crippen molar-refractivity contribution in [1.82, 2.24) is 10.3 Å². The van der Waals surface area contributed by atoms with E-state index in [1.165, 1.54) is 16.9 Å². The Kier molecular flexibility index (Phi) is 7.22. The lowest BCUT2D eigenvalue weighted by atomic mass is 9.90. The minimum absolute atomic E-state index is 0.0207. The standard InChI is InChI=1S/C25H26ClN3O2S/c1-16(10-11-17-6-3-2-4-7-17)27-24(31)20-8-5-9-21-22(20)28-25(32-21)29-23(30)18-12-14-19(26)15-13-18/h2-4,6-7,12-16,20H,5,8-11H2,1H3,(H,27,31)(H,28,29,30). The van der Waals surface area contributed by atoms with Crippen LogP contribution in [-0.4, -0.2) is 22.8 Å². The first-order chi connectivity index (χ1) is 15.5. The van der Waals surface area contributed by atoms with Crippen LogP contribution in [-0.2, 0) is 17.6 Å². The lowest BCUT2D eigenvalue weighted by Crippen LogP contribution is -2.37. The maximum atomic E-state index is 13.0. The number of amides is 2. The zero-order chi connectivity index (χ0) is 22.5. The van der Waals surface area contributed by atoms with E-state index in [0.29, 0.717) is 15.7 Å². The molecule has 0 radical (unpaired) electrons. The average molecular weight is 468 g/mol. The van der Waals surface area contributed by atoms with E-state index in [1.807, 2.05) is 25.1 Å². The van der Waals surface area contributed by atoms with Crippen LogP contribution in [0.2, 0.25) is 5.02 Å². The van der Waals surface area contributed by atoms with Gasteiger partial charge in [0.15, 0.2) is 5.13 Å². The van der Waals surface area contributed by atoms with Crippen LogP contribution >= 0.6 is 22.9 Å². The molecule has 7 heteroatoms. The first kappa shape index (κ1) is 22.5. The van der Waals surface area contributed by atoms with Crippen LogP contribution in [0.3, 0.4) is 0 Å². The van der Waals surface area contributed by atoms with Gasteiger partial charge in [-0.15, -0.1) is 11.3 Å². The highest BCUT2D eigenvalue weighted by Gasteiger charge is 2.31. The molecule has 5 nitrogen and oxygen atoms in total. The summed E-state index contributed by atoms with van der Waals surface area (Å²) < 4.78 is 0. The summed E-state index contributed by atoms with van der Waals surface area (Å²) in [5.41, 5.74) is 2.60. The summed E-state index contributed by atoms with van der Waals surface area (Å²) in [6, 6.07) is 17.1. The van der Waals surface area contributed by atoms with Crippen LogP contribution in [0, 0.1) is 0 Å². The molecule has 166 valence electrons. The summed E-state index contributed by atoms with van der Waals surface area (Å²) >= 11 is 7.36. The topological polar surface area (TPSA) is 71.1 Å². The highest BCUT2D eigenvalue weighted by atomic mass is 35.5. The Hall–Kier alpha value is -2.70. The largest absolute Gasteiger partial charge is 0.353 e. The van der Waals surface area contributed by atoms with Gasteiger partial charge >= 0.3 is 0 Å². The molecule has 0 bridgehead atoms. The lowest BCUT2D eigenvalue weighted by Gasteiger charge is -2.23. The van der Waals surface area contributed by atoms with Crippen LogP contribution in [0.1, 0.15) is 58.6 Å². The van der Waals surface area contributed by atoms with Gasteiger partial charge in [0.1, 0.15) is 0 Å². The molecule has 1 aromatic heterocycles. The fourth-order valence-corrected chi connectivity index (χ4v) is 5.13. The van der Waals surface area contributed by atoms with Gasteiger partial charge < -0.3 is 5.32 Å². The van der Waals surface area contributed by atoms with Crippen molar-refractivity contribution in [3.8, 4) is 0 Å². The number of fused-ring (bicyclic) bond motifs is 1. The van der Waals surface area contributed by atoms with Gasteiger partial charge in [-0.2, -0.15) is 0 Å². The van der Waals surface area contributed by atoms with E-state index in [1.54, 1.807) is 24.3 Å². The number of aryl methyl sites for hydroxylation is 2. The van der Waals surface area contributed by atoms with Crippen LogP contribution < -0.4 is 10.6 Å². The van der Waals surface area contributed by atoms with E-state index in [4.69, 9.17) is 11.6 Å². The number of carbonyl (C=O) groups is 2. The number of rotatable bonds is 7. The zero-order valence-corrected chi connectivity index (χ0v) is 19.5. The molecule has 0 aliphatic heterocycles. The van der Waals surface area contributed by atoms with E-state index in [0.717, 1.165) is 42.7 Å². The summed E-state index contributed by atoms with van der Waals surface area (Å²) in [4.78, 5) is 31.3. The van der Waals surface area contributed by atoms with Crippen molar-refractivity contribution in [3.63, 3.8) is 0 Å². The number of anilines is 1. The Bertz CT molecular complexity index is 1080. The molecule has 32 heavy (non-hydrogen) atoms. The van der Waals surface area contributed by atoms with E-state index in [2.05, 4.69) is 27.8 Å². The Balaban J connectivity index is 1.38. The molecule has 0 spiro atoms. The highest BCUT2D eigenvalue weighted by molar-refractivity contribution is 7.16. The van der Waals surface area contributed by atoms with Crippen LogP contribution in [0.4, 0.5) is 5.13 Å². The molecule has 2 atom stereocenters. The third-order valence-corrected chi connectivity index (χ3v) is 6.99. The fourth-order valence-electron chi connectivity index (χ4n) is 3.94. The molecule has 2 aromatic carbocycles. The molecule has 0 saturated heterocycles. The number of nitrogens with one attached hydrogen (secondary N) is 2. The van der Waals surface area contributed by atoms with E-state index >= 15 is 0 Å². The predicted octanol–water partition coefficient (Wildman–Crippen LogP) is 5.61. The summed E-state index contributed by atoms with van der Waals surface area (Å²) in [6.45, 7) is 2.05. The molecule has 0 saturated carbocycles. The molecular formula is C25H26ClN3O2S. The number of benzene rings is 2. The molecule has 3 aromatic rings. The third kappa shape index (κ3) is 5.56. The quantitative estimate of drug-likeness (QED) is 0.474. The van der Waals surface area contributed by atoms with Gasteiger partial charge in [0.05, 0.1) is 11.6 Å². The molecule has 1 aliphatic carbocycles. The number of aromatic nitrogens is 1. The number of nitrogens with zero attached hydrogens (tertiary/aromatic N) is 1. The maximum absolute atomic E-state index is 13.0. The summed E-state index contributed by atoms with van der Waals surface area (Å²) in [7, 11) is 0. The van der Waals surface area contributed by atoms with Gasteiger partial charge in [-0.3, -0.25) is 14.9 Å². The van der Waals surface area contributed by atoms with Gasteiger partial charge in [-0.05, 0) is 68.9 Å². The van der Waals surface area contributed by atoms with Crippen LogP contribution in [0.25, 0.3) is 0 Å². The van der Waals surface area contributed by atoms with Crippen molar-refractivity contribution in [2.75, 3.05) is 5.32 Å². The van der Waals surface area contributed by atoms with Crippen molar-refractivity contribution in [2.45, 2.75) is 51.0 Å². The molecule has 2 amide bonds. The highest BCUT2D eigenvalue weighted by Crippen LogP contribution is 2.37. The van der Waals surface area contributed by atoms with Gasteiger partial charge in [0.25, 0.3) is 5.91 Å².